The van der Waals surface area contributed by atoms with Gasteiger partial charge in [-0.1, -0.05) is 0 Å². The van der Waals surface area contributed by atoms with Crippen LogP contribution in [0.3, 0.4) is 0 Å². The van der Waals surface area contributed by atoms with E-state index in [9.17, 15) is 4.79 Å². The fraction of sp³-hybridized carbons (Fsp3) is 0.250. The molecule has 94 valence electrons. The first-order chi connectivity index (χ1) is 8.86. The molecule has 6 nitrogen and oxygen atoms in total. The van der Waals surface area contributed by atoms with E-state index in [1.54, 1.807) is 18.6 Å². The molecule has 0 spiro atoms. The number of carbonyl (C=O) groups excluding carboxylic acids is 1. The third kappa shape index (κ3) is 3.58. The fourth-order valence-electron chi connectivity index (χ4n) is 1.47. The minimum atomic E-state index is -0.106. The monoisotopic (exact) mass is 245 g/mol. The van der Waals surface area contributed by atoms with Gasteiger partial charge < -0.3 is 10.6 Å². The van der Waals surface area contributed by atoms with Crippen LogP contribution in [-0.4, -0.2) is 34.2 Å². The van der Waals surface area contributed by atoms with E-state index in [-0.39, 0.29) is 5.91 Å². The predicted molar refractivity (Wildman–Crippen MR) is 68.3 cm³/mol. The van der Waals surface area contributed by atoms with Crippen molar-refractivity contribution in [3.63, 3.8) is 0 Å². The molecule has 2 heterocycles. The SMILES string of the molecule is O=C(NCCCNc1cccnc1)c1cn[nH]c1. The number of hydrogen-bond acceptors (Lipinski definition) is 4. The summed E-state index contributed by atoms with van der Waals surface area (Å²) in [7, 11) is 0. The number of pyridine rings is 1. The molecule has 0 aliphatic carbocycles. The van der Waals surface area contributed by atoms with Crippen molar-refractivity contribution in [1.29, 1.82) is 0 Å². The Labute approximate surface area is 105 Å². The Kier molecular flexibility index (Phi) is 4.29. The Morgan fingerprint density at radius 1 is 1.33 bits per heavy atom. The Bertz CT molecular complexity index is 468. The topological polar surface area (TPSA) is 82.7 Å². The third-order valence-corrected chi connectivity index (χ3v) is 2.39. The molecule has 0 saturated carbocycles. The second-order valence-corrected chi connectivity index (χ2v) is 3.76. The molecule has 3 N–H and O–H groups in total. The highest BCUT2D eigenvalue weighted by Gasteiger charge is 2.04. The number of carbonyl (C=O) groups is 1. The van der Waals surface area contributed by atoms with E-state index in [1.807, 2.05) is 12.1 Å². The summed E-state index contributed by atoms with van der Waals surface area (Å²) in [4.78, 5) is 15.5. The highest BCUT2D eigenvalue weighted by atomic mass is 16.1. The molecule has 0 fully saturated rings. The van der Waals surface area contributed by atoms with Gasteiger partial charge in [0.2, 0.25) is 0 Å². The highest BCUT2D eigenvalue weighted by Crippen LogP contribution is 2.01. The minimum Gasteiger partial charge on any atom is -0.384 e. The zero-order valence-corrected chi connectivity index (χ0v) is 9.89. The van der Waals surface area contributed by atoms with Crippen LogP contribution in [-0.2, 0) is 0 Å². The summed E-state index contributed by atoms with van der Waals surface area (Å²) >= 11 is 0. The largest absolute Gasteiger partial charge is 0.384 e. The maximum atomic E-state index is 11.5. The van der Waals surface area contributed by atoms with Crippen LogP contribution in [0.1, 0.15) is 16.8 Å². The Morgan fingerprint density at radius 2 is 2.28 bits per heavy atom. The minimum absolute atomic E-state index is 0.106. The van der Waals surface area contributed by atoms with E-state index >= 15 is 0 Å². The second kappa shape index (κ2) is 6.39. The molecule has 0 aliphatic heterocycles. The first-order valence-electron chi connectivity index (χ1n) is 5.77. The molecule has 2 aromatic heterocycles. The Morgan fingerprint density at radius 3 is 3.00 bits per heavy atom. The zero-order valence-electron chi connectivity index (χ0n) is 9.89. The first-order valence-corrected chi connectivity index (χ1v) is 5.77. The van der Waals surface area contributed by atoms with Crippen LogP contribution in [0.2, 0.25) is 0 Å². The average Bonchev–Trinajstić information content (AvgIpc) is 2.93. The molecule has 6 heteroatoms. The normalized spacial score (nSPS) is 10.0. The Hall–Kier alpha value is -2.37. The highest BCUT2D eigenvalue weighted by molar-refractivity contribution is 5.93. The summed E-state index contributed by atoms with van der Waals surface area (Å²) < 4.78 is 0. The molecule has 1 amide bonds. The van der Waals surface area contributed by atoms with Gasteiger partial charge in [0, 0.05) is 31.7 Å². The number of hydrogen-bond donors (Lipinski definition) is 3. The lowest BCUT2D eigenvalue weighted by atomic mass is 10.3. The zero-order chi connectivity index (χ0) is 12.6. The van der Waals surface area contributed by atoms with Crippen molar-refractivity contribution in [2.45, 2.75) is 6.42 Å². The number of nitrogens with one attached hydrogen (secondary N) is 3. The first kappa shape index (κ1) is 12.1. The lowest BCUT2D eigenvalue weighted by Gasteiger charge is -2.06. The molecule has 0 atom stereocenters. The van der Waals surface area contributed by atoms with Crippen molar-refractivity contribution in [2.75, 3.05) is 18.4 Å². The second-order valence-electron chi connectivity index (χ2n) is 3.76. The van der Waals surface area contributed by atoms with Gasteiger partial charge in [-0.3, -0.25) is 14.9 Å². The van der Waals surface area contributed by atoms with Crippen LogP contribution in [0.25, 0.3) is 0 Å². The summed E-state index contributed by atoms with van der Waals surface area (Å²) in [5, 5.41) is 12.4. The summed E-state index contributed by atoms with van der Waals surface area (Å²) in [5.41, 5.74) is 1.54. The molecule has 2 aromatic rings. The van der Waals surface area contributed by atoms with Crippen molar-refractivity contribution in [2.24, 2.45) is 0 Å². The van der Waals surface area contributed by atoms with Gasteiger partial charge in [-0.05, 0) is 18.6 Å². The quantitative estimate of drug-likeness (QED) is 0.664. The van der Waals surface area contributed by atoms with E-state index in [0.717, 1.165) is 18.7 Å². The smallest absolute Gasteiger partial charge is 0.254 e. The Balaban J connectivity index is 1.61. The van der Waals surface area contributed by atoms with Crippen LogP contribution >= 0.6 is 0 Å². The average molecular weight is 245 g/mol. The van der Waals surface area contributed by atoms with E-state index in [2.05, 4.69) is 25.8 Å². The van der Waals surface area contributed by atoms with Crippen LogP contribution in [0.5, 0.6) is 0 Å². The lowest BCUT2D eigenvalue weighted by Crippen LogP contribution is -2.25. The van der Waals surface area contributed by atoms with Crippen molar-refractivity contribution >= 4 is 11.6 Å². The van der Waals surface area contributed by atoms with Gasteiger partial charge in [0.05, 0.1) is 17.4 Å². The number of amides is 1. The molecular weight excluding hydrogens is 230 g/mol. The molecule has 2 rings (SSSR count). The van der Waals surface area contributed by atoms with Crippen LogP contribution in [0.15, 0.2) is 36.9 Å². The predicted octanol–water partition coefficient (Wildman–Crippen LogP) is 1.04. The van der Waals surface area contributed by atoms with Gasteiger partial charge >= 0.3 is 0 Å². The lowest BCUT2D eigenvalue weighted by molar-refractivity contribution is 0.0953. The fourth-order valence-corrected chi connectivity index (χ4v) is 1.47. The van der Waals surface area contributed by atoms with E-state index in [0.29, 0.717) is 12.1 Å². The number of nitrogens with zero attached hydrogens (tertiary/aromatic N) is 2. The van der Waals surface area contributed by atoms with Crippen molar-refractivity contribution in [3.05, 3.63) is 42.5 Å². The maximum absolute atomic E-state index is 11.5. The standard InChI is InChI=1S/C12H15N5O/c18-12(10-7-16-17-8-10)15-6-2-5-14-11-3-1-4-13-9-11/h1,3-4,7-9,14H,2,5-6H2,(H,15,18)(H,16,17). The van der Waals surface area contributed by atoms with E-state index < -0.39 is 0 Å². The molecule has 0 radical (unpaired) electrons. The summed E-state index contributed by atoms with van der Waals surface area (Å²) in [6, 6.07) is 3.83. The summed E-state index contributed by atoms with van der Waals surface area (Å²) in [6.45, 7) is 1.41. The molecule has 0 aromatic carbocycles. The van der Waals surface area contributed by atoms with Gasteiger partial charge in [0.25, 0.3) is 5.91 Å². The molecule has 0 bridgehead atoms. The van der Waals surface area contributed by atoms with Crippen LogP contribution < -0.4 is 10.6 Å². The molecule has 0 saturated heterocycles. The third-order valence-electron chi connectivity index (χ3n) is 2.39. The number of aromatic amines is 1. The summed E-state index contributed by atoms with van der Waals surface area (Å²) in [5.74, 6) is -0.106. The van der Waals surface area contributed by atoms with Crippen molar-refractivity contribution < 1.29 is 4.79 Å². The van der Waals surface area contributed by atoms with Gasteiger partial charge in [0.15, 0.2) is 0 Å². The molecule has 0 unspecified atom stereocenters. The maximum Gasteiger partial charge on any atom is 0.254 e. The van der Waals surface area contributed by atoms with E-state index in [4.69, 9.17) is 0 Å². The van der Waals surface area contributed by atoms with Gasteiger partial charge in [-0.25, -0.2) is 0 Å². The van der Waals surface area contributed by atoms with E-state index in [1.165, 1.54) is 6.20 Å². The molecule has 18 heavy (non-hydrogen) atoms. The number of aromatic nitrogens is 3. The van der Waals surface area contributed by atoms with Crippen molar-refractivity contribution in [3.8, 4) is 0 Å². The van der Waals surface area contributed by atoms with Gasteiger partial charge in [-0.15, -0.1) is 0 Å². The molecular formula is C12H15N5O. The van der Waals surface area contributed by atoms with Gasteiger partial charge in [0.1, 0.15) is 0 Å². The number of H-pyrrole nitrogens is 1. The van der Waals surface area contributed by atoms with Crippen LogP contribution in [0, 0.1) is 0 Å². The number of rotatable bonds is 6. The number of anilines is 1. The van der Waals surface area contributed by atoms with Gasteiger partial charge in [-0.2, -0.15) is 5.10 Å². The summed E-state index contributed by atoms with van der Waals surface area (Å²) in [6.07, 6.45) is 7.42. The molecule has 0 aliphatic rings. The van der Waals surface area contributed by atoms with Crippen molar-refractivity contribution in [1.82, 2.24) is 20.5 Å². The van der Waals surface area contributed by atoms with Crippen LogP contribution in [0.4, 0.5) is 5.69 Å².